The molecule has 2 aromatic carbocycles. The fourth-order valence-electron chi connectivity index (χ4n) is 2.45. The molecule has 132 valence electrons. The largest absolute Gasteiger partial charge is 0.345 e. The van der Waals surface area contributed by atoms with Crippen LogP contribution in [-0.4, -0.2) is 20.6 Å². The first-order valence-corrected chi connectivity index (χ1v) is 8.17. The van der Waals surface area contributed by atoms with Gasteiger partial charge in [0, 0.05) is 23.4 Å². The third-order valence-corrected chi connectivity index (χ3v) is 4.10. The van der Waals surface area contributed by atoms with Gasteiger partial charge in [0.1, 0.15) is 0 Å². The highest BCUT2D eigenvalue weighted by Gasteiger charge is 2.14. The third kappa shape index (κ3) is 3.89. The molecule has 0 aliphatic heterocycles. The Balaban J connectivity index is 1.72. The van der Waals surface area contributed by atoms with Crippen molar-refractivity contribution in [1.82, 2.24) is 15.1 Å². The van der Waals surface area contributed by atoms with Crippen LogP contribution in [0.1, 0.15) is 28.9 Å². The Morgan fingerprint density at radius 3 is 2.65 bits per heavy atom. The molecule has 1 amide bonds. The number of nitro benzene ring substituents is 1. The van der Waals surface area contributed by atoms with Crippen LogP contribution in [0.5, 0.6) is 0 Å². The van der Waals surface area contributed by atoms with Crippen molar-refractivity contribution in [2.45, 2.75) is 13.0 Å². The van der Waals surface area contributed by atoms with E-state index in [1.54, 1.807) is 30.5 Å². The van der Waals surface area contributed by atoms with Gasteiger partial charge in [-0.25, -0.2) is 4.68 Å². The molecule has 0 spiro atoms. The molecule has 0 aliphatic carbocycles. The summed E-state index contributed by atoms with van der Waals surface area (Å²) >= 11 is 5.98. The molecular formula is C18H15ClN4O3. The topological polar surface area (TPSA) is 90.1 Å². The Morgan fingerprint density at radius 1 is 1.27 bits per heavy atom. The van der Waals surface area contributed by atoms with Gasteiger partial charge in [-0.3, -0.25) is 14.9 Å². The average molecular weight is 371 g/mol. The summed E-state index contributed by atoms with van der Waals surface area (Å²) in [6.45, 7) is 1.87. The monoisotopic (exact) mass is 370 g/mol. The van der Waals surface area contributed by atoms with Crippen molar-refractivity contribution in [3.05, 3.63) is 87.2 Å². The Bertz CT molecular complexity index is 953. The first kappa shape index (κ1) is 17.6. The summed E-state index contributed by atoms with van der Waals surface area (Å²) in [4.78, 5) is 22.7. The number of nitrogens with one attached hydrogen (secondary N) is 1. The second-order valence-corrected chi connectivity index (χ2v) is 6.13. The molecule has 0 bridgehead atoms. The van der Waals surface area contributed by atoms with Crippen LogP contribution < -0.4 is 5.32 Å². The number of hydrogen-bond donors (Lipinski definition) is 1. The molecule has 0 saturated carbocycles. The van der Waals surface area contributed by atoms with E-state index in [-0.39, 0.29) is 17.6 Å². The normalized spacial score (nSPS) is 11.8. The van der Waals surface area contributed by atoms with Gasteiger partial charge < -0.3 is 5.32 Å². The molecular weight excluding hydrogens is 356 g/mol. The van der Waals surface area contributed by atoms with E-state index in [0.29, 0.717) is 16.3 Å². The predicted molar refractivity (Wildman–Crippen MR) is 97.6 cm³/mol. The molecule has 7 nitrogen and oxygen atoms in total. The SMILES string of the molecule is CC(NC(=O)c1cnn(-c2ccc([N+](=O)[O-])cc2)c1)c1cccc(Cl)c1. The lowest BCUT2D eigenvalue weighted by Crippen LogP contribution is -2.26. The van der Waals surface area contributed by atoms with Crippen molar-refractivity contribution in [1.29, 1.82) is 0 Å². The van der Waals surface area contributed by atoms with Crippen LogP contribution in [0, 0.1) is 10.1 Å². The number of benzene rings is 2. The molecule has 1 N–H and O–H groups in total. The van der Waals surface area contributed by atoms with Gasteiger partial charge in [0.2, 0.25) is 0 Å². The van der Waals surface area contributed by atoms with Gasteiger partial charge in [-0.15, -0.1) is 0 Å². The first-order chi connectivity index (χ1) is 12.4. The van der Waals surface area contributed by atoms with Crippen molar-refractivity contribution < 1.29 is 9.72 Å². The fraction of sp³-hybridized carbons (Fsp3) is 0.111. The van der Waals surface area contributed by atoms with Crippen molar-refractivity contribution in [2.75, 3.05) is 0 Å². The van der Waals surface area contributed by atoms with Crippen LogP contribution >= 0.6 is 11.6 Å². The van der Waals surface area contributed by atoms with Gasteiger partial charge in [0.05, 0.1) is 28.4 Å². The maximum Gasteiger partial charge on any atom is 0.269 e. The lowest BCUT2D eigenvalue weighted by atomic mass is 10.1. The summed E-state index contributed by atoms with van der Waals surface area (Å²) in [5.41, 5.74) is 1.90. The summed E-state index contributed by atoms with van der Waals surface area (Å²) in [7, 11) is 0. The minimum Gasteiger partial charge on any atom is -0.345 e. The number of aromatic nitrogens is 2. The van der Waals surface area contributed by atoms with E-state index in [9.17, 15) is 14.9 Å². The third-order valence-electron chi connectivity index (χ3n) is 3.87. The van der Waals surface area contributed by atoms with Gasteiger partial charge in [-0.05, 0) is 36.8 Å². The number of carbonyl (C=O) groups is 1. The van der Waals surface area contributed by atoms with Crippen molar-refractivity contribution >= 4 is 23.2 Å². The summed E-state index contributed by atoms with van der Waals surface area (Å²) < 4.78 is 1.49. The van der Waals surface area contributed by atoms with Crippen molar-refractivity contribution in [2.24, 2.45) is 0 Å². The second-order valence-electron chi connectivity index (χ2n) is 5.70. The number of amides is 1. The minimum absolute atomic E-state index is 0.00535. The number of rotatable bonds is 5. The summed E-state index contributed by atoms with van der Waals surface area (Å²) in [5.74, 6) is -0.273. The molecule has 0 radical (unpaired) electrons. The number of hydrogen-bond acceptors (Lipinski definition) is 4. The highest BCUT2D eigenvalue weighted by Crippen LogP contribution is 2.18. The Kier molecular flexibility index (Phi) is 4.99. The van der Waals surface area contributed by atoms with E-state index in [0.717, 1.165) is 5.56 Å². The number of nitro groups is 1. The van der Waals surface area contributed by atoms with Crippen molar-refractivity contribution in [3.63, 3.8) is 0 Å². The van der Waals surface area contributed by atoms with Crippen LogP contribution in [-0.2, 0) is 0 Å². The highest BCUT2D eigenvalue weighted by molar-refractivity contribution is 6.30. The lowest BCUT2D eigenvalue weighted by molar-refractivity contribution is -0.384. The van der Waals surface area contributed by atoms with Crippen LogP contribution in [0.4, 0.5) is 5.69 Å². The van der Waals surface area contributed by atoms with Gasteiger partial charge in [-0.1, -0.05) is 23.7 Å². The molecule has 0 fully saturated rings. The zero-order valence-electron chi connectivity index (χ0n) is 13.8. The fourth-order valence-corrected chi connectivity index (χ4v) is 2.65. The van der Waals surface area contributed by atoms with Crippen LogP contribution in [0.2, 0.25) is 5.02 Å². The number of non-ortho nitro benzene ring substituents is 1. The molecule has 0 aliphatic rings. The molecule has 1 heterocycles. The maximum atomic E-state index is 12.4. The Morgan fingerprint density at radius 2 is 2.00 bits per heavy atom. The maximum absolute atomic E-state index is 12.4. The number of nitrogens with zero attached hydrogens (tertiary/aromatic N) is 3. The van der Waals surface area contributed by atoms with Crippen LogP contribution in [0.3, 0.4) is 0 Å². The molecule has 26 heavy (non-hydrogen) atoms. The van der Waals surface area contributed by atoms with E-state index in [1.807, 2.05) is 19.1 Å². The smallest absolute Gasteiger partial charge is 0.269 e. The predicted octanol–water partition coefficient (Wildman–Crippen LogP) is 3.92. The second kappa shape index (κ2) is 7.37. The van der Waals surface area contributed by atoms with Crippen LogP contribution in [0.25, 0.3) is 5.69 Å². The Labute approximate surface area is 154 Å². The van der Waals surface area contributed by atoms with Crippen LogP contribution in [0.15, 0.2) is 60.9 Å². The first-order valence-electron chi connectivity index (χ1n) is 7.80. The molecule has 3 aromatic rings. The molecule has 1 atom stereocenters. The lowest BCUT2D eigenvalue weighted by Gasteiger charge is -2.13. The molecule has 0 saturated heterocycles. The highest BCUT2D eigenvalue weighted by atomic mass is 35.5. The number of halogens is 1. The Hall–Kier alpha value is -3.19. The molecule has 1 aromatic heterocycles. The zero-order valence-corrected chi connectivity index (χ0v) is 14.6. The van der Waals surface area contributed by atoms with Gasteiger partial charge in [-0.2, -0.15) is 5.10 Å². The zero-order chi connectivity index (χ0) is 18.7. The van der Waals surface area contributed by atoms with E-state index in [2.05, 4.69) is 10.4 Å². The van der Waals surface area contributed by atoms with E-state index >= 15 is 0 Å². The number of carbonyl (C=O) groups excluding carboxylic acids is 1. The van der Waals surface area contributed by atoms with Gasteiger partial charge >= 0.3 is 0 Å². The average Bonchev–Trinajstić information content (AvgIpc) is 3.12. The summed E-state index contributed by atoms with van der Waals surface area (Å²) in [5, 5.41) is 18.3. The summed E-state index contributed by atoms with van der Waals surface area (Å²) in [6, 6.07) is 13.0. The van der Waals surface area contributed by atoms with E-state index in [4.69, 9.17) is 11.6 Å². The van der Waals surface area contributed by atoms with E-state index in [1.165, 1.54) is 23.0 Å². The van der Waals surface area contributed by atoms with E-state index < -0.39 is 4.92 Å². The standard InChI is InChI=1S/C18H15ClN4O3/c1-12(13-3-2-4-15(19)9-13)21-18(24)14-10-20-22(11-14)16-5-7-17(8-6-16)23(25)26/h2-12H,1H3,(H,21,24). The minimum atomic E-state index is -0.469. The molecule has 1 unspecified atom stereocenters. The van der Waals surface area contributed by atoms with Gasteiger partial charge in [0.15, 0.2) is 0 Å². The molecule has 8 heteroatoms. The quantitative estimate of drug-likeness (QED) is 0.544. The summed E-state index contributed by atoms with van der Waals surface area (Å²) in [6.07, 6.45) is 3.02. The van der Waals surface area contributed by atoms with Crippen molar-refractivity contribution in [3.8, 4) is 5.69 Å². The molecule has 3 rings (SSSR count). The van der Waals surface area contributed by atoms with Gasteiger partial charge in [0.25, 0.3) is 11.6 Å².